The van der Waals surface area contributed by atoms with E-state index in [4.69, 9.17) is 0 Å². The largest absolute Gasteiger partial charge is 0.320 e. The van der Waals surface area contributed by atoms with Gasteiger partial charge in [0.2, 0.25) is 5.78 Å². The minimum absolute atomic E-state index is 0.0479. The van der Waals surface area contributed by atoms with Gasteiger partial charge >= 0.3 is 0 Å². The second-order valence-electron chi connectivity index (χ2n) is 8.74. The molecule has 1 aliphatic carbocycles. The first-order valence-corrected chi connectivity index (χ1v) is 11.5. The van der Waals surface area contributed by atoms with Gasteiger partial charge in [0.25, 0.3) is 10.1 Å². The molecule has 0 heterocycles. The molecule has 2 atom stereocenters. The van der Waals surface area contributed by atoms with Crippen LogP contribution in [0.25, 0.3) is 0 Å². The number of rotatable bonds is 6. The molecule has 0 radical (unpaired) electrons. The van der Waals surface area contributed by atoms with Crippen LogP contribution in [0, 0.1) is 6.92 Å². The number of nitrogens with zero attached hydrogens (tertiary/aromatic N) is 1. The number of carbonyl (C=O) groups is 1. The molecular formula is C23H30NO4S+. The van der Waals surface area contributed by atoms with Gasteiger partial charge in [0.05, 0.1) is 25.0 Å². The van der Waals surface area contributed by atoms with Crippen molar-refractivity contribution >= 4 is 15.9 Å². The van der Waals surface area contributed by atoms with Crippen LogP contribution >= 0.6 is 0 Å². The smallest absolute Gasteiger partial charge is 0.294 e. The predicted molar refractivity (Wildman–Crippen MR) is 114 cm³/mol. The van der Waals surface area contributed by atoms with E-state index in [1.54, 1.807) is 12.1 Å². The van der Waals surface area contributed by atoms with Crippen molar-refractivity contribution in [3.8, 4) is 0 Å². The summed E-state index contributed by atoms with van der Waals surface area (Å²) in [6.45, 7) is 2.41. The Labute approximate surface area is 173 Å². The van der Waals surface area contributed by atoms with Gasteiger partial charge in [-0.05, 0) is 55.4 Å². The van der Waals surface area contributed by atoms with E-state index >= 15 is 0 Å². The first-order valence-electron chi connectivity index (χ1n) is 10.1. The fraction of sp³-hybridized carbons (Fsp3) is 0.435. The van der Waals surface area contributed by atoms with E-state index in [1.807, 2.05) is 37.3 Å². The summed E-state index contributed by atoms with van der Waals surface area (Å²) >= 11 is 0. The number of Topliss-reactive ketones (excluding diaryl/α,β-unsaturated/α-hetero) is 1. The predicted octanol–water partition coefficient (Wildman–Crippen LogP) is 4.23. The van der Waals surface area contributed by atoms with E-state index in [1.165, 1.54) is 6.07 Å². The summed E-state index contributed by atoms with van der Waals surface area (Å²) in [5, 5.41) is 0. The molecule has 0 saturated heterocycles. The summed E-state index contributed by atoms with van der Waals surface area (Å²) in [5.74, 6) is 0.363. The molecule has 3 rings (SSSR count). The molecule has 2 unspecified atom stereocenters. The van der Waals surface area contributed by atoms with Crippen molar-refractivity contribution in [1.29, 1.82) is 0 Å². The molecule has 5 nitrogen and oxygen atoms in total. The normalized spacial score (nSPS) is 20.4. The molecule has 156 valence electrons. The second kappa shape index (κ2) is 8.38. The number of carbonyl (C=O) groups excluding carboxylic acids is 1. The summed E-state index contributed by atoms with van der Waals surface area (Å²) in [6, 6.07) is 14.5. The van der Waals surface area contributed by atoms with E-state index in [0.717, 1.165) is 42.4 Å². The SMILES string of the molecule is Cc1ccc(S(=O)(=O)O)cc1C1CCCC([N+](C)(C)CC(=O)c2ccccc2)C1. The van der Waals surface area contributed by atoms with Crippen molar-refractivity contribution in [3.63, 3.8) is 0 Å². The standard InChI is InChI=1S/C23H29NO4S/c1-17-12-13-21(29(26,27)28)15-22(17)19-10-7-11-20(14-19)24(2,3)16-23(25)18-8-5-4-6-9-18/h4-6,8-9,12-13,15,19-20H,7,10-11,14,16H2,1-3H3/p+1. The molecule has 6 heteroatoms. The number of benzene rings is 2. The zero-order valence-corrected chi connectivity index (χ0v) is 18.2. The van der Waals surface area contributed by atoms with Gasteiger partial charge in [0.15, 0.2) is 0 Å². The number of aryl methyl sites for hydroxylation is 1. The maximum Gasteiger partial charge on any atom is 0.294 e. The Bertz CT molecular complexity index is 983. The van der Waals surface area contributed by atoms with E-state index in [0.29, 0.717) is 17.1 Å². The van der Waals surface area contributed by atoms with Crippen LogP contribution in [0.4, 0.5) is 0 Å². The lowest BCUT2D eigenvalue weighted by Gasteiger charge is -2.42. The third-order valence-corrected chi connectivity index (χ3v) is 7.12. The molecule has 1 fully saturated rings. The fourth-order valence-corrected chi connectivity index (χ4v) is 5.03. The highest BCUT2D eigenvalue weighted by molar-refractivity contribution is 7.85. The van der Waals surface area contributed by atoms with Gasteiger partial charge < -0.3 is 4.48 Å². The van der Waals surface area contributed by atoms with Crippen molar-refractivity contribution in [2.45, 2.75) is 49.5 Å². The maximum absolute atomic E-state index is 12.8. The number of quaternary nitrogens is 1. The summed E-state index contributed by atoms with van der Waals surface area (Å²) in [6.07, 6.45) is 3.96. The van der Waals surface area contributed by atoms with Gasteiger partial charge in [-0.25, -0.2) is 0 Å². The van der Waals surface area contributed by atoms with Crippen LogP contribution in [0.2, 0.25) is 0 Å². The Morgan fingerprint density at radius 3 is 2.45 bits per heavy atom. The van der Waals surface area contributed by atoms with Gasteiger partial charge in [-0.15, -0.1) is 0 Å². The number of ketones is 1. The van der Waals surface area contributed by atoms with Gasteiger partial charge in [0.1, 0.15) is 6.54 Å². The molecule has 0 aliphatic heterocycles. The summed E-state index contributed by atoms with van der Waals surface area (Å²) < 4.78 is 33.2. The van der Waals surface area contributed by atoms with Crippen LogP contribution in [0.15, 0.2) is 53.4 Å². The Morgan fingerprint density at radius 2 is 1.79 bits per heavy atom. The first-order chi connectivity index (χ1) is 13.6. The van der Waals surface area contributed by atoms with Crippen molar-refractivity contribution in [2.75, 3.05) is 20.6 Å². The van der Waals surface area contributed by atoms with Crippen LogP contribution in [0.3, 0.4) is 0 Å². The van der Waals surface area contributed by atoms with Crippen LogP contribution in [-0.2, 0) is 10.1 Å². The van der Waals surface area contributed by atoms with E-state index in [2.05, 4.69) is 14.1 Å². The van der Waals surface area contributed by atoms with Crippen molar-refractivity contribution in [2.24, 2.45) is 0 Å². The third kappa shape index (κ3) is 5.13. The van der Waals surface area contributed by atoms with Crippen molar-refractivity contribution < 1.29 is 22.2 Å². The molecule has 0 spiro atoms. The topological polar surface area (TPSA) is 71.4 Å². The quantitative estimate of drug-likeness (QED) is 0.435. The zero-order valence-electron chi connectivity index (χ0n) is 17.3. The minimum atomic E-state index is -4.22. The van der Waals surface area contributed by atoms with Crippen LogP contribution in [-0.4, -0.2) is 49.9 Å². The number of hydrogen-bond donors (Lipinski definition) is 1. The highest BCUT2D eigenvalue weighted by atomic mass is 32.2. The Kier molecular flexibility index (Phi) is 6.27. The minimum Gasteiger partial charge on any atom is -0.320 e. The summed E-state index contributed by atoms with van der Waals surface area (Å²) in [5.41, 5.74) is 2.76. The van der Waals surface area contributed by atoms with Crippen molar-refractivity contribution in [1.82, 2.24) is 0 Å². The third-order valence-electron chi connectivity index (χ3n) is 6.27. The van der Waals surface area contributed by atoms with E-state index in [9.17, 15) is 17.8 Å². The molecule has 2 aromatic carbocycles. The Morgan fingerprint density at radius 1 is 1.10 bits per heavy atom. The van der Waals surface area contributed by atoms with E-state index < -0.39 is 10.1 Å². The molecule has 2 aromatic rings. The zero-order chi connectivity index (χ0) is 21.2. The van der Waals surface area contributed by atoms with Gasteiger partial charge in [0, 0.05) is 12.0 Å². The highest BCUT2D eigenvalue weighted by Gasteiger charge is 2.36. The molecule has 0 amide bonds. The lowest BCUT2D eigenvalue weighted by Crippen LogP contribution is -2.53. The summed E-state index contributed by atoms with van der Waals surface area (Å²) in [7, 11) is -0.00479. The maximum atomic E-state index is 12.8. The molecule has 1 aliphatic rings. The monoisotopic (exact) mass is 416 g/mol. The van der Waals surface area contributed by atoms with Crippen LogP contribution in [0.1, 0.15) is 53.1 Å². The summed E-state index contributed by atoms with van der Waals surface area (Å²) in [4.78, 5) is 12.7. The average molecular weight is 417 g/mol. The number of likely N-dealkylation sites (N-methyl/N-ethyl adjacent to an activating group) is 1. The van der Waals surface area contributed by atoms with Crippen LogP contribution in [0.5, 0.6) is 0 Å². The van der Waals surface area contributed by atoms with Crippen molar-refractivity contribution in [3.05, 3.63) is 65.2 Å². The molecular weight excluding hydrogens is 386 g/mol. The highest BCUT2D eigenvalue weighted by Crippen LogP contribution is 2.38. The van der Waals surface area contributed by atoms with Gasteiger partial charge in [-0.1, -0.05) is 36.4 Å². The second-order valence-corrected chi connectivity index (χ2v) is 10.2. The Balaban J connectivity index is 1.79. The molecule has 0 bridgehead atoms. The fourth-order valence-electron chi connectivity index (χ4n) is 4.51. The molecule has 1 saturated carbocycles. The lowest BCUT2D eigenvalue weighted by atomic mass is 9.79. The lowest BCUT2D eigenvalue weighted by molar-refractivity contribution is -0.908. The first kappa shape index (κ1) is 21.7. The van der Waals surface area contributed by atoms with Gasteiger partial charge in [-0.3, -0.25) is 9.35 Å². The molecule has 1 N–H and O–H groups in total. The Hall–Kier alpha value is -2.02. The number of hydrogen-bond acceptors (Lipinski definition) is 3. The van der Waals surface area contributed by atoms with E-state index in [-0.39, 0.29) is 16.6 Å². The molecule has 0 aromatic heterocycles. The molecule has 29 heavy (non-hydrogen) atoms. The van der Waals surface area contributed by atoms with Gasteiger partial charge in [-0.2, -0.15) is 8.42 Å². The van der Waals surface area contributed by atoms with Crippen LogP contribution < -0.4 is 0 Å². The average Bonchev–Trinajstić information content (AvgIpc) is 2.68.